The molecule has 0 bridgehead atoms. The zero-order valence-electron chi connectivity index (χ0n) is 11.6. The van der Waals surface area contributed by atoms with Crippen LogP contribution in [0.2, 0.25) is 0 Å². The van der Waals surface area contributed by atoms with Crippen molar-refractivity contribution in [1.29, 1.82) is 0 Å². The number of allylic oxidation sites excluding steroid dienone is 2. The summed E-state index contributed by atoms with van der Waals surface area (Å²) in [7, 11) is 0. The molecular formula is C15H11F5O2. The number of carbonyl (C=O) groups is 1. The fourth-order valence-corrected chi connectivity index (χ4v) is 1.98. The Hall–Kier alpha value is -2.18. The van der Waals surface area contributed by atoms with E-state index in [-0.39, 0.29) is 5.92 Å². The molecule has 0 aliphatic heterocycles. The van der Waals surface area contributed by atoms with E-state index in [4.69, 9.17) is 4.74 Å². The van der Waals surface area contributed by atoms with Crippen LogP contribution in [0.25, 0.3) is 0 Å². The Bertz CT molecular complexity index is 667. The van der Waals surface area contributed by atoms with Crippen LogP contribution in [0.5, 0.6) is 0 Å². The van der Waals surface area contributed by atoms with Crippen molar-refractivity contribution in [2.45, 2.75) is 19.4 Å². The number of carbonyl (C=O) groups excluding carboxylic acids is 1. The van der Waals surface area contributed by atoms with Crippen LogP contribution in [-0.4, -0.2) is 11.6 Å². The highest BCUT2D eigenvalue weighted by Gasteiger charge is 2.37. The average Bonchev–Trinajstić information content (AvgIpc) is 2.46. The molecule has 7 heteroatoms. The summed E-state index contributed by atoms with van der Waals surface area (Å²) in [5.41, 5.74) is -2.86. The molecular weight excluding hydrogens is 307 g/mol. The van der Waals surface area contributed by atoms with E-state index in [1.807, 2.05) is 0 Å². The molecule has 22 heavy (non-hydrogen) atoms. The first-order valence-electron chi connectivity index (χ1n) is 6.30. The quantitative estimate of drug-likeness (QED) is 0.356. The van der Waals surface area contributed by atoms with E-state index in [9.17, 15) is 26.7 Å². The smallest absolute Gasteiger partial charge is 0.345 e. The zero-order valence-corrected chi connectivity index (χ0v) is 11.6. The molecule has 0 saturated carbocycles. The number of esters is 1. The van der Waals surface area contributed by atoms with Crippen LogP contribution in [0.4, 0.5) is 22.0 Å². The molecule has 118 valence electrons. The Morgan fingerprint density at radius 2 is 1.50 bits per heavy atom. The number of rotatable bonds is 2. The SMILES string of the molecule is CC1C=CC=CC1(C)OC(=O)c1c(F)c(F)c(F)c(F)c1F. The summed E-state index contributed by atoms with van der Waals surface area (Å²) < 4.78 is 71.3. The maximum atomic E-state index is 13.6. The van der Waals surface area contributed by atoms with E-state index in [0.29, 0.717) is 0 Å². The van der Waals surface area contributed by atoms with E-state index in [2.05, 4.69) is 0 Å². The third-order valence-electron chi connectivity index (χ3n) is 3.57. The van der Waals surface area contributed by atoms with E-state index in [1.165, 1.54) is 13.0 Å². The molecule has 0 radical (unpaired) electrons. The van der Waals surface area contributed by atoms with Gasteiger partial charge >= 0.3 is 5.97 Å². The van der Waals surface area contributed by atoms with Gasteiger partial charge in [-0.1, -0.05) is 25.2 Å². The van der Waals surface area contributed by atoms with Crippen LogP contribution in [0.1, 0.15) is 24.2 Å². The third-order valence-corrected chi connectivity index (χ3v) is 3.57. The molecule has 2 nitrogen and oxygen atoms in total. The second kappa shape index (κ2) is 5.55. The Kier molecular flexibility index (Phi) is 4.08. The van der Waals surface area contributed by atoms with Crippen LogP contribution in [-0.2, 0) is 4.74 Å². The molecule has 2 rings (SSSR count). The lowest BCUT2D eigenvalue weighted by Gasteiger charge is -2.32. The van der Waals surface area contributed by atoms with Crippen LogP contribution < -0.4 is 0 Å². The number of halogens is 5. The summed E-state index contributed by atoms with van der Waals surface area (Å²) in [6.07, 6.45) is 6.36. The van der Waals surface area contributed by atoms with Crippen LogP contribution in [0, 0.1) is 35.0 Å². The number of hydrogen-bond acceptors (Lipinski definition) is 2. The maximum absolute atomic E-state index is 13.6. The van der Waals surface area contributed by atoms with Gasteiger partial charge in [0.25, 0.3) is 0 Å². The third kappa shape index (κ3) is 2.51. The fourth-order valence-electron chi connectivity index (χ4n) is 1.98. The second-order valence-corrected chi connectivity index (χ2v) is 5.05. The highest BCUT2D eigenvalue weighted by molar-refractivity contribution is 5.90. The monoisotopic (exact) mass is 318 g/mol. The summed E-state index contributed by atoms with van der Waals surface area (Å²) in [5, 5.41) is 0. The first-order valence-corrected chi connectivity index (χ1v) is 6.30. The molecule has 0 N–H and O–H groups in total. The molecule has 1 aliphatic carbocycles. The molecule has 1 aliphatic rings. The number of hydrogen-bond donors (Lipinski definition) is 0. The zero-order chi connectivity index (χ0) is 16.7. The Morgan fingerprint density at radius 1 is 1.00 bits per heavy atom. The lowest BCUT2D eigenvalue weighted by atomic mass is 9.86. The van der Waals surface area contributed by atoms with E-state index in [0.717, 1.165) is 0 Å². The predicted molar refractivity (Wildman–Crippen MR) is 67.5 cm³/mol. The molecule has 0 aromatic heterocycles. The predicted octanol–water partition coefficient (Wildman–Crippen LogP) is 4.06. The van der Waals surface area contributed by atoms with Crippen LogP contribution >= 0.6 is 0 Å². The standard InChI is InChI=1S/C15H11F5O2/c1-7-5-3-4-6-15(7,2)22-14(21)8-9(16)11(18)13(20)12(19)10(8)17/h3-7H,1-2H3. The van der Waals surface area contributed by atoms with Gasteiger partial charge in [-0.2, -0.15) is 0 Å². The van der Waals surface area contributed by atoms with Gasteiger partial charge < -0.3 is 4.74 Å². The Morgan fingerprint density at radius 3 is 2.00 bits per heavy atom. The van der Waals surface area contributed by atoms with Crippen molar-refractivity contribution in [3.63, 3.8) is 0 Å². The molecule has 0 spiro atoms. The molecule has 1 aromatic rings. The molecule has 0 amide bonds. The first kappa shape index (κ1) is 16.2. The van der Waals surface area contributed by atoms with Crippen molar-refractivity contribution in [1.82, 2.24) is 0 Å². The van der Waals surface area contributed by atoms with Crippen LogP contribution in [0.15, 0.2) is 24.3 Å². The average molecular weight is 318 g/mol. The summed E-state index contributed by atoms with van der Waals surface area (Å²) in [6, 6.07) is 0. The van der Waals surface area contributed by atoms with Crippen molar-refractivity contribution in [3.05, 3.63) is 59.0 Å². The summed E-state index contributed by atoms with van der Waals surface area (Å²) >= 11 is 0. The minimum atomic E-state index is -2.33. The molecule has 0 heterocycles. The van der Waals surface area contributed by atoms with Gasteiger partial charge in [0.2, 0.25) is 5.82 Å². The lowest BCUT2D eigenvalue weighted by Crippen LogP contribution is -2.37. The van der Waals surface area contributed by atoms with E-state index in [1.54, 1.807) is 25.2 Å². The van der Waals surface area contributed by atoms with Gasteiger partial charge in [-0.25, -0.2) is 26.7 Å². The molecule has 0 fully saturated rings. The van der Waals surface area contributed by atoms with Crippen LogP contribution in [0.3, 0.4) is 0 Å². The van der Waals surface area contributed by atoms with Gasteiger partial charge in [-0.3, -0.25) is 0 Å². The maximum Gasteiger partial charge on any atom is 0.345 e. The van der Waals surface area contributed by atoms with E-state index >= 15 is 0 Å². The van der Waals surface area contributed by atoms with Crippen molar-refractivity contribution < 1.29 is 31.5 Å². The fraction of sp³-hybridized carbons (Fsp3) is 0.267. The van der Waals surface area contributed by atoms with Gasteiger partial charge in [0, 0.05) is 5.92 Å². The highest BCUT2D eigenvalue weighted by atomic mass is 19.2. The normalized spacial score (nSPS) is 23.7. The van der Waals surface area contributed by atoms with Gasteiger partial charge in [0.15, 0.2) is 23.3 Å². The summed E-state index contributed by atoms with van der Waals surface area (Å²) in [6.45, 7) is 3.13. The minimum Gasteiger partial charge on any atom is -0.451 e. The molecule has 0 saturated heterocycles. The molecule has 1 aromatic carbocycles. The second-order valence-electron chi connectivity index (χ2n) is 5.05. The van der Waals surface area contributed by atoms with Gasteiger partial charge in [0.1, 0.15) is 11.2 Å². The van der Waals surface area contributed by atoms with Gasteiger partial charge in [-0.05, 0) is 13.0 Å². The number of benzene rings is 1. The van der Waals surface area contributed by atoms with Crippen molar-refractivity contribution in [2.75, 3.05) is 0 Å². The first-order chi connectivity index (χ1) is 10.2. The highest BCUT2D eigenvalue weighted by Crippen LogP contribution is 2.31. The summed E-state index contributed by atoms with van der Waals surface area (Å²) in [5.74, 6) is -13.1. The van der Waals surface area contributed by atoms with E-state index < -0.39 is 46.2 Å². The van der Waals surface area contributed by atoms with Crippen molar-refractivity contribution >= 4 is 5.97 Å². The topological polar surface area (TPSA) is 26.3 Å². The summed E-state index contributed by atoms with van der Waals surface area (Å²) in [4.78, 5) is 11.9. The Balaban J connectivity index is 2.43. The molecule has 2 atom stereocenters. The largest absolute Gasteiger partial charge is 0.451 e. The van der Waals surface area contributed by atoms with Crippen molar-refractivity contribution in [2.24, 2.45) is 5.92 Å². The van der Waals surface area contributed by atoms with Gasteiger partial charge in [-0.15, -0.1) is 0 Å². The Labute approximate surface area is 122 Å². The number of ether oxygens (including phenoxy) is 1. The minimum absolute atomic E-state index is 0.345. The molecule has 2 unspecified atom stereocenters. The van der Waals surface area contributed by atoms with Crippen molar-refractivity contribution in [3.8, 4) is 0 Å². The lowest BCUT2D eigenvalue weighted by molar-refractivity contribution is -0.00421. The van der Waals surface area contributed by atoms with Gasteiger partial charge in [0.05, 0.1) is 0 Å².